The Morgan fingerprint density at radius 1 is 1.53 bits per heavy atom. The first kappa shape index (κ1) is 13.3. The van der Waals surface area contributed by atoms with Gasteiger partial charge in [-0.1, -0.05) is 0 Å². The lowest BCUT2D eigenvalue weighted by molar-refractivity contribution is 0.0603. The topological polar surface area (TPSA) is 95.1 Å². The number of carbonyl (C=O) groups is 1. The highest BCUT2D eigenvalue weighted by Gasteiger charge is 2.23. The van der Waals surface area contributed by atoms with Crippen molar-refractivity contribution in [2.24, 2.45) is 0 Å². The average molecular weight is 326 g/mol. The zero-order valence-electron chi connectivity index (χ0n) is 10.3. The van der Waals surface area contributed by atoms with Gasteiger partial charge in [-0.2, -0.15) is 4.68 Å². The molecular formula is C11H12BrN5O2. The minimum atomic E-state index is -0.551. The molecule has 7 nitrogen and oxygen atoms in total. The zero-order chi connectivity index (χ0) is 14.0. The van der Waals surface area contributed by atoms with Crippen molar-refractivity contribution in [2.75, 3.05) is 25.2 Å². The highest BCUT2D eigenvalue weighted by atomic mass is 79.9. The van der Waals surface area contributed by atoms with Crippen molar-refractivity contribution >= 4 is 33.5 Å². The molecule has 0 aliphatic heterocycles. The molecule has 3 N–H and O–H groups in total. The third kappa shape index (κ3) is 2.39. The number of halogens is 1. The summed E-state index contributed by atoms with van der Waals surface area (Å²) in [4.78, 5) is 15.9. The Morgan fingerprint density at radius 2 is 2.26 bits per heavy atom. The number of hydrogen-bond donors (Lipinski definition) is 2. The van der Waals surface area contributed by atoms with Crippen molar-refractivity contribution in [1.29, 1.82) is 0 Å². The van der Waals surface area contributed by atoms with Crippen molar-refractivity contribution in [3.63, 3.8) is 0 Å². The number of carbonyl (C=O) groups excluding carboxylic acids is 1. The summed E-state index contributed by atoms with van der Waals surface area (Å²) in [5.74, 6) is 0.470. The molecule has 100 valence electrons. The number of nitrogens with two attached hydrogens (primary N) is 1. The molecule has 0 spiro atoms. The molecule has 0 saturated carbocycles. The van der Waals surface area contributed by atoms with Gasteiger partial charge in [-0.25, -0.2) is 9.78 Å². The lowest BCUT2D eigenvalue weighted by Gasteiger charge is -2.03. The molecule has 2 rings (SSSR count). The fourth-order valence-corrected chi connectivity index (χ4v) is 1.81. The largest absolute Gasteiger partial charge is 0.465 e. The highest BCUT2D eigenvalue weighted by molar-refractivity contribution is 9.10. The molecule has 0 saturated heterocycles. The average Bonchev–Trinajstić information content (AvgIpc) is 2.76. The van der Waals surface area contributed by atoms with Gasteiger partial charge in [-0.15, -0.1) is 5.10 Å². The second kappa shape index (κ2) is 5.27. The van der Waals surface area contributed by atoms with Gasteiger partial charge < -0.3 is 15.8 Å². The quantitative estimate of drug-likeness (QED) is 0.829. The van der Waals surface area contributed by atoms with Gasteiger partial charge in [-0.3, -0.25) is 0 Å². The minimum absolute atomic E-state index is 0.172. The molecule has 2 heterocycles. The minimum Gasteiger partial charge on any atom is -0.465 e. The molecule has 19 heavy (non-hydrogen) atoms. The van der Waals surface area contributed by atoms with Crippen LogP contribution in [0.25, 0.3) is 5.82 Å². The zero-order valence-corrected chi connectivity index (χ0v) is 11.9. The summed E-state index contributed by atoms with van der Waals surface area (Å²) in [5, 5.41) is 7.00. The van der Waals surface area contributed by atoms with Gasteiger partial charge in [0, 0.05) is 17.7 Å². The van der Waals surface area contributed by atoms with Crippen LogP contribution in [0, 0.1) is 0 Å². The first-order valence-corrected chi connectivity index (χ1v) is 6.14. The summed E-state index contributed by atoms with van der Waals surface area (Å²) in [7, 11) is 2.93. The van der Waals surface area contributed by atoms with Gasteiger partial charge in [0.1, 0.15) is 11.4 Å². The molecule has 0 amide bonds. The van der Waals surface area contributed by atoms with E-state index in [4.69, 9.17) is 5.73 Å². The second-order valence-corrected chi connectivity index (χ2v) is 4.51. The molecule has 0 unspecified atom stereocenters. The van der Waals surface area contributed by atoms with E-state index in [1.807, 2.05) is 0 Å². The predicted octanol–water partition coefficient (Wildman–Crippen LogP) is 1.44. The molecule has 0 aliphatic carbocycles. The Morgan fingerprint density at radius 3 is 2.79 bits per heavy atom. The summed E-state index contributed by atoms with van der Waals surface area (Å²) in [6.45, 7) is 0. The third-order valence-corrected chi connectivity index (χ3v) is 2.95. The van der Waals surface area contributed by atoms with Crippen molar-refractivity contribution in [3.8, 4) is 5.82 Å². The third-order valence-electron chi connectivity index (χ3n) is 2.48. The summed E-state index contributed by atoms with van der Waals surface area (Å²) in [6.07, 6.45) is 1.62. The number of rotatable bonds is 3. The van der Waals surface area contributed by atoms with Gasteiger partial charge in [0.15, 0.2) is 11.6 Å². The maximum Gasteiger partial charge on any atom is 0.345 e. The van der Waals surface area contributed by atoms with Crippen molar-refractivity contribution in [1.82, 2.24) is 14.8 Å². The van der Waals surface area contributed by atoms with Crippen LogP contribution in [0.3, 0.4) is 0 Å². The summed E-state index contributed by atoms with van der Waals surface area (Å²) in [6, 6.07) is 3.54. The van der Waals surface area contributed by atoms with Gasteiger partial charge in [0.25, 0.3) is 0 Å². The molecule has 0 bridgehead atoms. The van der Waals surface area contributed by atoms with Crippen LogP contribution in [0.5, 0.6) is 0 Å². The fraction of sp³-hybridized carbons (Fsp3) is 0.182. The van der Waals surface area contributed by atoms with Crippen LogP contribution in [0.1, 0.15) is 10.4 Å². The number of pyridine rings is 1. The molecule has 2 aromatic heterocycles. The number of nitrogens with one attached hydrogen (secondary N) is 1. The molecule has 0 atom stereocenters. The maximum absolute atomic E-state index is 11.7. The Bertz CT molecular complexity index is 608. The van der Waals surface area contributed by atoms with Crippen molar-refractivity contribution in [2.45, 2.75) is 0 Å². The lowest BCUT2D eigenvalue weighted by Crippen LogP contribution is -2.08. The van der Waals surface area contributed by atoms with Crippen LogP contribution in [-0.4, -0.2) is 34.9 Å². The Labute approximate surface area is 117 Å². The molecule has 8 heteroatoms. The second-order valence-electron chi connectivity index (χ2n) is 3.60. The number of methoxy groups -OCH3 is 1. The smallest absolute Gasteiger partial charge is 0.345 e. The van der Waals surface area contributed by atoms with Crippen LogP contribution in [0.2, 0.25) is 0 Å². The molecule has 2 aromatic rings. The van der Waals surface area contributed by atoms with Gasteiger partial charge in [0.05, 0.1) is 7.11 Å². The Balaban J connectivity index is 2.56. The normalized spacial score (nSPS) is 10.3. The van der Waals surface area contributed by atoms with E-state index in [0.717, 1.165) is 4.47 Å². The van der Waals surface area contributed by atoms with Crippen LogP contribution in [-0.2, 0) is 4.74 Å². The first-order chi connectivity index (χ1) is 9.08. The van der Waals surface area contributed by atoms with Crippen LogP contribution in [0.15, 0.2) is 22.8 Å². The van der Waals surface area contributed by atoms with Gasteiger partial charge in [-0.05, 0) is 28.1 Å². The van der Waals surface area contributed by atoms with E-state index in [2.05, 4.69) is 36.1 Å². The summed E-state index contributed by atoms with van der Waals surface area (Å²) < 4.78 is 6.90. The van der Waals surface area contributed by atoms with Crippen LogP contribution >= 0.6 is 15.9 Å². The molecular weight excluding hydrogens is 314 g/mol. The van der Waals surface area contributed by atoms with Crippen LogP contribution < -0.4 is 11.1 Å². The lowest BCUT2D eigenvalue weighted by atomic mass is 10.3. The summed E-state index contributed by atoms with van der Waals surface area (Å²) in [5.41, 5.74) is 6.12. The van der Waals surface area contributed by atoms with Gasteiger partial charge in [0.2, 0.25) is 0 Å². The Hall–Kier alpha value is -2.09. The van der Waals surface area contributed by atoms with Crippen molar-refractivity contribution in [3.05, 3.63) is 28.4 Å². The molecule has 0 aromatic carbocycles. The van der Waals surface area contributed by atoms with E-state index in [1.54, 1.807) is 25.4 Å². The number of nitrogens with zero attached hydrogens (tertiary/aromatic N) is 3. The van der Waals surface area contributed by atoms with E-state index < -0.39 is 5.97 Å². The number of esters is 1. The number of ether oxygens (including phenoxy) is 1. The SMILES string of the molecule is CNc1nn(-c2ccc(Br)cn2)c(N)c1C(=O)OC. The number of aromatic nitrogens is 3. The predicted molar refractivity (Wildman–Crippen MR) is 74.4 cm³/mol. The fourth-order valence-electron chi connectivity index (χ4n) is 1.58. The number of anilines is 2. The van der Waals surface area contributed by atoms with Crippen molar-refractivity contribution < 1.29 is 9.53 Å². The van der Waals surface area contributed by atoms with E-state index in [1.165, 1.54) is 11.8 Å². The van der Waals surface area contributed by atoms with Gasteiger partial charge >= 0.3 is 5.97 Å². The van der Waals surface area contributed by atoms with E-state index >= 15 is 0 Å². The first-order valence-electron chi connectivity index (χ1n) is 5.35. The Kier molecular flexibility index (Phi) is 3.70. The van der Waals surface area contributed by atoms with E-state index in [0.29, 0.717) is 11.6 Å². The molecule has 0 aliphatic rings. The van der Waals surface area contributed by atoms with Crippen LogP contribution in [0.4, 0.5) is 11.6 Å². The monoisotopic (exact) mass is 325 g/mol. The highest BCUT2D eigenvalue weighted by Crippen LogP contribution is 2.25. The number of nitrogen functional groups attached to an aromatic ring is 1. The summed E-state index contributed by atoms with van der Waals surface area (Å²) >= 11 is 3.29. The van der Waals surface area contributed by atoms with E-state index in [-0.39, 0.29) is 11.4 Å². The maximum atomic E-state index is 11.7. The van der Waals surface area contributed by atoms with E-state index in [9.17, 15) is 4.79 Å². The number of hydrogen-bond acceptors (Lipinski definition) is 6. The molecule has 0 fully saturated rings. The molecule has 0 radical (unpaired) electrons. The standard InChI is InChI=1S/C11H12BrN5O2/c1-14-10-8(11(18)19-2)9(13)17(16-10)7-4-3-6(12)5-15-7/h3-5H,13H2,1-2H3,(H,14,16).